The average molecular weight is 223 g/mol. The van der Waals surface area contributed by atoms with Gasteiger partial charge in [0.25, 0.3) is 0 Å². The number of aryl methyl sites for hydroxylation is 2. The van der Waals surface area contributed by atoms with Crippen molar-refractivity contribution in [3.63, 3.8) is 0 Å². The number of furan rings is 1. The number of aliphatic hydroxyl groups excluding tert-OH is 1. The van der Waals surface area contributed by atoms with Crippen LogP contribution in [0.15, 0.2) is 10.5 Å². The first-order chi connectivity index (χ1) is 7.70. The van der Waals surface area contributed by atoms with Crippen LogP contribution in [-0.4, -0.2) is 29.2 Å². The number of hydrogen-bond acceptors (Lipinski definition) is 3. The Morgan fingerprint density at radius 3 is 2.88 bits per heavy atom. The highest BCUT2D eigenvalue weighted by atomic mass is 16.3. The van der Waals surface area contributed by atoms with Crippen LogP contribution in [0.2, 0.25) is 0 Å². The Morgan fingerprint density at radius 2 is 2.25 bits per heavy atom. The molecule has 0 radical (unpaired) electrons. The minimum absolute atomic E-state index is 0.274. The topological polar surface area (TPSA) is 36.6 Å². The second-order valence-corrected chi connectivity index (χ2v) is 4.74. The largest absolute Gasteiger partial charge is 0.466 e. The van der Waals surface area contributed by atoms with Gasteiger partial charge in [0.1, 0.15) is 11.5 Å². The smallest absolute Gasteiger partial charge is 0.105 e. The Hall–Kier alpha value is -0.800. The summed E-state index contributed by atoms with van der Waals surface area (Å²) in [5.74, 6) is 1.99. The van der Waals surface area contributed by atoms with Gasteiger partial charge < -0.3 is 9.52 Å². The third kappa shape index (κ3) is 2.47. The molecule has 1 aliphatic heterocycles. The van der Waals surface area contributed by atoms with Crippen molar-refractivity contribution >= 4 is 0 Å². The Morgan fingerprint density at radius 1 is 1.44 bits per heavy atom. The molecule has 1 saturated heterocycles. The maximum Gasteiger partial charge on any atom is 0.105 e. The summed E-state index contributed by atoms with van der Waals surface area (Å²) in [6.07, 6.45) is 3.60. The van der Waals surface area contributed by atoms with Crippen LogP contribution in [-0.2, 0) is 6.54 Å². The number of rotatable bonds is 3. The van der Waals surface area contributed by atoms with E-state index >= 15 is 0 Å². The van der Waals surface area contributed by atoms with E-state index in [0.717, 1.165) is 31.0 Å². The summed E-state index contributed by atoms with van der Waals surface area (Å²) in [6.45, 7) is 6.27. The summed E-state index contributed by atoms with van der Waals surface area (Å²) in [6, 6.07) is 2.45. The molecule has 1 N–H and O–H groups in total. The second-order valence-electron chi connectivity index (χ2n) is 4.74. The molecular formula is C13H21NO2. The fourth-order valence-corrected chi connectivity index (χ4v) is 2.53. The molecule has 2 heterocycles. The van der Waals surface area contributed by atoms with Crippen LogP contribution in [0.3, 0.4) is 0 Å². The molecule has 0 unspecified atom stereocenters. The number of nitrogens with zero attached hydrogens (tertiary/aromatic N) is 1. The van der Waals surface area contributed by atoms with Crippen LogP contribution in [0.25, 0.3) is 0 Å². The molecule has 16 heavy (non-hydrogen) atoms. The highest BCUT2D eigenvalue weighted by Gasteiger charge is 2.22. The first-order valence-electron chi connectivity index (χ1n) is 6.11. The van der Waals surface area contributed by atoms with Crippen LogP contribution >= 0.6 is 0 Å². The van der Waals surface area contributed by atoms with Crippen molar-refractivity contribution in [1.82, 2.24) is 4.90 Å². The van der Waals surface area contributed by atoms with Crippen molar-refractivity contribution in [1.29, 1.82) is 0 Å². The van der Waals surface area contributed by atoms with E-state index in [1.54, 1.807) is 0 Å². The van der Waals surface area contributed by atoms with Gasteiger partial charge in [0.05, 0.1) is 6.61 Å². The molecule has 0 saturated carbocycles. The van der Waals surface area contributed by atoms with Gasteiger partial charge in [-0.1, -0.05) is 6.42 Å². The third-order valence-electron chi connectivity index (χ3n) is 3.48. The van der Waals surface area contributed by atoms with Gasteiger partial charge in [0.2, 0.25) is 0 Å². The zero-order valence-corrected chi connectivity index (χ0v) is 10.2. The van der Waals surface area contributed by atoms with E-state index in [9.17, 15) is 5.11 Å². The molecule has 0 aromatic carbocycles. The normalized spacial score (nSPS) is 22.6. The Labute approximate surface area is 97.1 Å². The number of likely N-dealkylation sites (tertiary alicyclic amines) is 1. The van der Waals surface area contributed by atoms with Gasteiger partial charge >= 0.3 is 0 Å². The number of piperidine rings is 1. The van der Waals surface area contributed by atoms with Crippen LogP contribution in [0.4, 0.5) is 0 Å². The van der Waals surface area contributed by atoms with E-state index < -0.39 is 0 Å². The van der Waals surface area contributed by atoms with E-state index in [0.29, 0.717) is 6.04 Å². The molecule has 90 valence electrons. The van der Waals surface area contributed by atoms with Gasteiger partial charge in [0.15, 0.2) is 0 Å². The van der Waals surface area contributed by atoms with Crippen molar-refractivity contribution in [3.05, 3.63) is 23.2 Å². The summed E-state index contributed by atoms with van der Waals surface area (Å²) >= 11 is 0. The van der Waals surface area contributed by atoms with Gasteiger partial charge in [-0.25, -0.2) is 0 Å². The highest BCUT2D eigenvalue weighted by molar-refractivity contribution is 5.20. The first-order valence-corrected chi connectivity index (χ1v) is 6.11. The lowest BCUT2D eigenvalue weighted by Crippen LogP contribution is -2.41. The van der Waals surface area contributed by atoms with Gasteiger partial charge in [-0.15, -0.1) is 0 Å². The van der Waals surface area contributed by atoms with E-state index in [-0.39, 0.29) is 6.61 Å². The summed E-state index contributed by atoms with van der Waals surface area (Å²) in [7, 11) is 0. The zero-order valence-electron chi connectivity index (χ0n) is 10.2. The number of hydrogen-bond donors (Lipinski definition) is 1. The van der Waals surface area contributed by atoms with Crippen molar-refractivity contribution in [2.24, 2.45) is 0 Å². The van der Waals surface area contributed by atoms with Crippen molar-refractivity contribution in [3.8, 4) is 0 Å². The fourth-order valence-electron chi connectivity index (χ4n) is 2.53. The van der Waals surface area contributed by atoms with Gasteiger partial charge in [-0.05, 0) is 39.3 Å². The van der Waals surface area contributed by atoms with E-state index in [4.69, 9.17) is 4.42 Å². The summed E-state index contributed by atoms with van der Waals surface area (Å²) in [4.78, 5) is 2.38. The molecule has 0 spiro atoms. The van der Waals surface area contributed by atoms with Gasteiger partial charge in [-0.3, -0.25) is 4.90 Å². The Balaban J connectivity index is 2.04. The zero-order chi connectivity index (χ0) is 11.5. The lowest BCUT2D eigenvalue weighted by atomic mass is 10.0. The molecule has 0 amide bonds. The molecule has 1 fully saturated rings. The minimum atomic E-state index is 0.274. The maximum atomic E-state index is 9.35. The first kappa shape index (κ1) is 11.7. The van der Waals surface area contributed by atoms with Crippen LogP contribution in [0.1, 0.15) is 36.3 Å². The molecule has 2 rings (SSSR count). The molecule has 0 aliphatic carbocycles. The van der Waals surface area contributed by atoms with E-state index in [2.05, 4.69) is 11.0 Å². The van der Waals surface area contributed by atoms with Crippen LogP contribution in [0, 0.1) is 13.8 Å². The summed E-state index contributed by atoms with van der Waals surface area (Å²) < 4.78 is 5.54. The predicted molar refractivity (Wildman–Crippen MR) is 63.3 cm³/mol. The maximum absolute atomic E-state index is 9.35. The molecule has 1 aliphatic rings. The van der Waals surface area contributed by atoms with Gasteiger partial charge in [0, 0.05) is 18.2 Å². The van der Waals surface area contributed by atoms with Crippen molar-refractivity contribution < 1.29 is 9.52 Å². The molecular weight excluding hydrogens is 202 g/mol. The standard InChI is InChI=1S/C13H21NO2/c1-10-7-12(11(2)16-10)8-14-6-4-3-5-13(14)9-15/h7,13,15H,3-6,8-9H2,1-2H3/t13-/m1/s1. The SMILES string of the molecule is Cc1cc(CN2CCCC[C@@H]2CO)c(C)o1. The summed E-state index contributed by atoms with van der Waals surface area (Å²) in [5, 5.41) is 9.35. The van der Waals surface area contributed by atoms with E-state index in [1.165, 1.54) is 18.4 Å². The number of aliphatic hydroxyl groups is 1. The molecule has 1 aromatic rings. The third-order valence-corrected chi connectivity index (χ3v) is 3.48. The lowest BCUT2D eigenvalue weighted by molar-refractivity contribution is 0.0837. The Bertz CT molecular complexity index is 346. The predicted octanol–water partition coefficient (Wildman–Crippen LogP) is 2.24. The van der Waals surface area contributed by atoms with Gasteiger partial charge in [-0.2, -0.15) is 0 Å². The fraction of sp³-hybridized carbons (Fsp3) is 0.692. The Kier molecular flexibility index (Phi) is 3.66. The highest BCUT2D eigenvalue weighted by Crippen LogP contribution is 2.22. The quantitative estimate of drug-likeness (QED) is 0.853. The van der Waals surface area contributed by atoms with Crippen molar-refractivity contribution in [2.75, 3.05) is 13.2 Å². The monoisotopic (exact) mass is 223 g/mol. The molecule has 0 bridgehead atoms. The average Bonchev–Trinajstić information content (AvgIpc) is 2.58. The van der Waals surface area contributed by atoms with Crippen molar-refractivity contribution in [2.45, 2.75) is 45.7 Å². The molecule has 3 nitrogen and oxygen atoms in total. The molecule has 1 aromatic heterocycles. The van der Waals surface area contributed by atoms with Crippen LogP contribution in [0.5, 0.6) is 0 Å². The molecule has 1 atom stereocenters. The van der Waals surface area contributed by atoms with Crippen LogP contribution < -0.4 is 0 Å². The van der Waals surface area contributed by atoms with E-state index in [1.807, 2.05) is 13.8 Å². The summed E-state index contributed by atoms with van der Waals surface area (Å²) in [5.41, 5.74) is 1.26. The second kappa shape index (κ2) is 5.02. The molecule has 3 heteroatoms. The lowest BCUT2D eigenvalue weighted by Gasteiger charge is -2.34. The minimum Gasteiger partial charge on any atom is -0.466 e.